The van der Waals surface area contributed by atoms with Gasteiger partial charge >= 0.3 is 0 Å². The fourth-order valence-electron chi connectivity index (χ4n) is 3.13. The third kappa shape index (κ3) is 2.00. The Kier molecular flexibility index (Phi) is 2.93. The molecule has 1 N–H and O–H groups in total. The van der Waals surface area contributed by atoms with E-state index in [0.717, 1.165) is 38.9 Å². The Morgan fingerprint density at radius 1 is 1.24 bits per heavy atom. The van der Waals surface area contributed by atoms with Crippen molar-refractivity contribution in [3.8, 4) is 0 Å². The van der Waals surface area contributed by atoms with Crippen LogP contribution in [0.3, 0.4) is 0 Å². The van der Waals surface area contributed by atoms with Gasteiger partial charge in [0, 0.05) is 17.9 Å². The number of rotatable bonds is 3. The predicted molar refractivity (Wildman–Crippen MR) is 66.9 cm³/mol. The Hall–Kier alpha value is -0.860. The van der Waals surface area contributed by atoms with Crippen molar-refractivity contribution in [1.82, 2.24) is 0 Å². The standard InChI is InChI=1S/C15H20O2/c16-14(12-5-4-10-17-11-12)15(8-9-15)13-6-2-1-3-7-13/h1-3,6-7,12,14,16H,4-5,8-11H2. The van der Waals surface area contributed by atoms with Crippen LogP contribution < -0.4 is 0 Å². The molecular weight excluding hydrogens is 212 g/mol. The van der Waals surface area contributed by atoms with Gasteiger partial charge in [-0.15, -0.1) is 0 Å². The Morgan fingerprint density at radius 2 is 2.00 bits per heavy atom. The van der Waals surface area contributed by atoms with Gasteiger partial charge < -0.3 is 9.84 Å². The average molecular weight is 232 g/mol. The van der Waals surface area contributed by atoms with Crippen LogP contribution in [0.1, 0.15) is 31.2 Å². The van der Waals surface area contributed by atoms with E-state index in [-0.39, 0.29) is 11.5 Å². The van der Waals surface area contributed by atoms with Gasteiger partial charge in [-0.2, -0.15) is 0 Å². The van der Waals surface area contributed by atoms with E-state index in [1.807, 2.05) is 6.07 Å². The Morgan fingerprint density at radius 3 is 2.59 bits per heavy atom. The van der Waals surface area contributed by atoms with Gasteiger partial charge in [0.15, 0.2) is 0 Å². The second kappa shape index (κ2) is 4.43. The number of aliphatic hydroxyl groups excluding tert-OH is 1. The molecule has 1 aromatic carbocycles. The Labute approximate surface area is 103 Å². The first-order valence-corrected chi connectivity index (χ1v) is 6.64. The molecule has 2 nitrogen and oxygen atoms in total. The van der Waals surface area contributed by atoms with Crippen LogP contribution in [-0.2, 0) is 10.2 Å². The maximum absolute atomic E-state index is 10.6. The molecule has 2 atom stereocenters. The Balaban J connectivity index is 1.78. The lowest BCUT2D eigenvalue weighted by Crippen LogP contribution is -2.38. The van der Waals surface area contributed by atoms with Crippen LogP contribution in [0, 0.1) is 5.92 Å². The summed E-state index contributed by atoms with van der Waals surface area (Å²) in [6, 6.07) is 10.5. The average Bonchev–Trinajstić information content (AvgIpc) is 3.21. The monoisotopic (exact) mass is 232 g/mol. The van der Waals surface area contributed by atoms with E-state index in [2.05, 4.69) is 24.3 Å². The third-order valence-corrected chi connectivity index (χ3v) is 4.35. The van der Waals surface area contributed by atoms with Crippen LogP contribution >= 0.6 is 0 Å². The third-order valence-electron chi connectivity index (χ3n) is 4.35. The number of benzene rings is 1. The minimum atomic E-state index is -0.231. The van der Waals surface area contributed by atoms with E-state index in [1.54, 1.807) is 0 Å². The maximum atomic E-state index is 10.6. The largest absolute Gasteiger partial charge is 0.392 e. The molecule has 0 amide bonds. The second-order valence-corrected chi connectivity index (χ2v) is 5.44. The molecule has 0 radical (unpaired) electrons. The highest BCUT2D eigenvalue weighted by Crippen LogP contribution is 2.53. The summed E-state index contributed by atoms with van der Waals surface area (Å²) in [4.78, 5) is 0. The Bertz CT molecular complexity index is 364. The van der Waals surface area contributed by atoms with E-state index in [0.29, 0.717) is 5.92 Å². The first-order valence-electron chi connectivity index (χ1n) is 6.64. The molecule has 1 heterocycles. The van der Waals surface area contributed by atoms with Crippen molar-refractivity contribution in [2.24, 2.45) is 5.92 Å². The molecule has 1 aliphatic carbocycles. The van der Waals surface area contributed by atoms with Crippen LogP contribution in [-0.4, -0.2) is 24.4 Å². The molecule has 1 saturated carbocycles. The summed E-state index contributed by atoms with van der Waals surface area (Å²) in [6.07, 6.45) is 4.20. The highest BCUT2D eigenvalue weighted by molar-refractivity contribution is 5.33. The molecular formula is C15H20O2. The van der Waals surface area contributed by atoms with Crippen LogP contribution in [0.5, 0.6) is 0 Å². The highest BCUT2D eigenvalue weighted by atomic mass is 16.5. The van der Waals surface area contributed by atoms with Gasteiger partial charge in [-0.3, -0.25) is 0 Å². The summed E-state index contributed by atoms with van der Waals surface area (Å²) in [6.45, 7) is 1.59. The minimum absolute atomic E-state index is 0.0344. The SMILES string of the molecule is OC(C1CCCOC1)C1(c2ccccc2)CC1. The summed E-state index contributed by atoms with van der Waals surface area (Å²) < 4.78 is 5.50. The van der Waals surface area contributed by atoms with E-state index >= 15 is 0 Å². The van der Waals surface area contributed by atoms with Crippen molar-refractivity contribution in [3.05, 3.63) is 35.9 Å². The van der Waals surface area contributed by atoms with Crippen LogP contribution in [0.4, 0.5) is 0 Å². The maximum Gasteiger partial charge on any atom is 0.0686 e. The summed E-state index contributed by atoms with van der Waals surface area (Å²) >= 11 is 0. The van der Waals surface area contributed by atoms with Gasteiger partial charge in [0.1, 0.15) is 0 Å². The zero-order valence-electron chi connectivity index (χ0n) is 10.1. The van der Waals surface area contributed by atoms with Crippen molar-refractivity contribution in [1.29, 1.82) is 0 Å². The molecule has 17 heavy (non-hydrogen) atoms. The van der Waals surface area contributed by atoms with E-state index < -0.39 is 0 Å². The quantitative estimate of drug-likeness (QED) is 0.867. The van der Waals surface area contributed by atoms with E-state index in [9.17, 15) is 5.11 Å². The lowest BCUT2D eigenvalue weighted by atomic mass is 9.81. The molecule has 2 fully saturated rings. The molecule has 3 rings (SSSR count). The molecule has 2 aliphatic rings. The molecule has 0 bridgehead atoms. The number of aliphatic hydroxyl groups is 1. The first-order chi connectivity index (χ1) is 8.33. The van der Waals surface area contributed by atoms with Crippen molar-refractivity contribution < 1.29 is 9.84 Å². The smallest absolute Gasteiger partial charge is 0.0686 e. The zero-order valence-corrected chi connectivity index (χ0v) is 10.1. The normalized spacial score (nSPS) is 28.6. The summed E-state index contributed by atoms with van der Waals surface area (Å²) in [7, 11) is 0. The van der Waals surface area contributed by atoms with Crippen LogP contribution in [0.2, 0.25) is 0 Å². The molecule has 0 spiro atoms. The topological polar surface area (TPSA) is 29.5 Å². The van der Waals surface area contributed by atoms with E-state index in [1.165, 1.54) is 5.56 Å². The molecule has 92 valence electrons. The zero-order chi connectivity index (χ0) is 11.7. The van der Waals surface area contributed by atoms with E-state index in [4.69, 9.17) is 4.74 Å². The lowest BCUT2D eigenvalue weighted by Gasteiger charge is -2.32. The number of hydrogen-bond donors (Lipinski definition) is 1. The van der Waals surface area contributed by atoms with Crippen LogP contribution in [0.15, 0.2) is 30.3 Å². The fourth-order valence-corrected chi connectivity index (χ4v) is 3.13. The summed E-state index contributed by atoms with van der Waals surface area (Å²) in [5.41, 5.74) is 1.34. The lowest BCUT2D eigenvalue weighted by molar-refractivity contribution is -0.0244. The van der Waals surface area contributed by atoms with Crippen molar-refractivity contribution in [3.63, 3.8) is 0 Å². The summed E-state index contributed by atoms with van der Waals surface area (Å²) in [5, 5.41) is 10.6. The van der Waals surface area contributed by atoms with Crippen molar-refractivity contribution in [2.75, 3.05) is 13.2 Å². The van der Waals surface area contributed by atoms with Gasteiger partial charge in [-0.25, -0.2) is 0 Å². The van der Waals surface area contributed by atoms with Gasteiger partial charge in [0.2, 0.25) is 0 Å². The van der Waals surface area contributed by atoms with Crippen molar-refractivity contribution >= 4 is 0 Å². The van der Waals surface area contributed by atoms with Gasteiger partial charge in [0.05, 0.1) is 12.7 Å². The van der Waals surface area contributed by atoms with Crippen LogP contribution in [0.25, 0.3) is 0 Å². The highest BCUT2D eigenvalue weighted by Gasteiger charge is 2.52. The predicted octanol–water partition coefficient (Wildman–Crippen LogP) is 2.51. The van der Waals surface area contributed by atoms with Crippen molar-refractivity contribution in [2.45, 2.75) is 37.2 Å². The first kappa shape index (κ1) is 11.2. The summed E-state index contributed by atoms with van der Waals surface area (Å²) in [5.74, 6) is 0.325. The molecule has 0 aromatic heterocycles. The number of hydrogen-bond acceptors (Lipinski definition) is 2. The van der Waals surface area contributed by atoms with Gasteiger partial charge in [-0.1, -0.05) is 30.3 Å². The molecule has 1 aliphatic heterocycles. The minimum Gasteiger partial charge on any atom is -0.392 e. The second-order valence-electron chi connectivity index (χ2n) is 5.44. The molecule has 2 heteroatoms. The van der Waals surface area contributed by atoms with Gasteiger partial charge in [0.25, 0.3) is 0 Å². The van der Waals surface area contributed by atoms with Gasteiger partial charge in [-0.05, 0) is 31.2 Å². The fraction of sp³-hybridized carbons (Fsp3) is 0.600. The molecule has 1 aromatic rings. The number of ether oxygens (including phenoxy) is 1. The molecule has 1 saturated heterocycles. The molecule has 2 unspecified atom stereocenters.